The lowest BCUT2D eigenvalue weighted by atomic mass is 9.85. The number of benzene rings is 3. The number of nitrogens with zero attached hydrogens (tertiary/aromatic N) is 1. The van der Waals surface area contributed by atoms with Gasteiger partial charge in [-0.15, -0.1) is 0 Å². The van der Waals surface area contributed by atoms with Gasteiger partial charge in [0, 0.05) is 17.0 Å². The Balaban J connectivity index is 1.73. The van der Waals surface area contributed by atoms with Gasteiger partial charge in [0.25, 0.3) is 5.69 Å². The zero-order chi connectivity index (χ0) is 22.9. The topological polar surface area (TPSA) is 13.1 Å². The monoisotopic (exact) mass is 436 g/mol. The van der Waals surface area contributed by atoms with E-state index in [0.29, 0.717) is 5.92 Å². The zero-order valence-corrected chi connectivity index (χ0v) is 20.6. The van der Waals surface area contributed by atoms with E-state index in [0.717, 1.165) is 17.9 Å². The number of ether oxygens (including phenoxy) is 1. The number of aromatic nitrogens is 1. The molecule has 0 saturated heterocycles. The van der Waals surface area contributed by atoms with Crippen molar-refractivity contribution in [3.63, 3.8) is 0 Å². The third-order valence-corrected chi connectivity index (χ3v) is 7.67. The molecule has 0 bridgehead atoms. The van der Waals surface area contributed by atoms with E-state index in [2.05, 4.69) is 87.8 Å². The summed E-state index contributed by atoms with van der Waals surface area (Å²) in [5.41, 5.74) is 8.35. The van der Waals surface area contributed by atoms with Crippen molar-refractivity contribution in [2.24, 2.45) is 12.5 Å². The van der Waals surface area contributed by atoms with Gasteiger partial charge in [0.2, 0.25) is 11.3 Å². The highest BCUT2D eigenvalue weighted by Gasteiger charge is 2.37. The van der Waals surface area contributed by atoms with E-state index in [-0.39, 0.29) is 5.41 Å². The van der Waals surface area contributed by atoms with Crippen LogP contribution in [0.1, 0.15) is 69.1 Å². The fourth-order valence-corrected chi connectivity index (χ4v) is 6.28. The van der Waals surface area contributed by atoms with Crippen molar-refractivity contribution in [3.05, 3.63) is 65.2 Å². The van der Waals surface area contributed by atoms with Crippen molar-refractivity contribution in [1.82, 2.24) is 0 Å². The van der Waals surface area contributed by atoms with Crippen LogP contribution in [0.4, 0.5) is 0 Å². The normalized spacial score (nSPS) is 15.8. The highest BCUT2D eigenvalue weighted by Crippen LogP contribution is 2.52. The van der Waals surface area contributed by atoms with Crippen LogP contribution in [0.5, 0.6) is 11.5 Å². The standard InChI is InChI=1S/C31H34NO/c1-19-13-15-22-11-8-12-25-28(22)26(19)29-30(33-25)27(21-9-6-7-10-21)23-16-14-20(18-31(2,3)4)17-24(23)32(29)5/h8,11-17,21H,6-7,9-10,18H2,1-5H3/q+1. The molecule has 2 nitrogen and oxygen atoms in total. The lowest BCUT2D eigenvalue weighted by Gasteiger charge is -2.26. The Kier molecular flexibility index (Phi) is 4.59. The zero-order valence-electron chi connectivity index (χ0n) is 20.6. The van der Waals surface area contributed by atoms with E-state index in [1.54, 1.807) is 0 Å². The van der Waals surface area contributed by atoms with Crippen molar-refractivity contribution < 1.29 is 9.30 Å². The van der Waals surface area contributed by atoms with Crippen LogP contribution in [0.25, 0.3) is 32.9 Å². The highest BCUT2D eigenvalue weighted by atomic mass is 16.5. The third-order valence-electron chi connectivity index (χ3n) is 7.67. The predicted octanol–water partition coefficient (Wildman–Crippen LogP) is 8.14. The second-order valence-electron chi connectivity index (χ2n) is 11.4. The van der Waals surface area contributed by atoms with Gasteiger partial charge in [0.05, 0.1) is 10.9 Å². The number of hydrogen-bond acceptors (Lipinski definition) is 1. The van der Waals surface area contributed by atoms with Gasteiger partial charge in [-0.1, -0.05) is 63.9 Å². The maximum Gasteiger partial charge on any atom is 0.257 e. The van der Waals surface area contributed by atoms with E-state index in [1.165, 1.54) is 75.3 Å². The Hall–Kier alpha value is -2.87. The van der Waals surface area contributed by atoms with E-state index >= 15 is 0 Å². The summed E-state index contributed by atoms with van der Waals surface area (Å²) in [6.07, 6.45) is 6.22. The van der Waals surface area contributed by atoms with Crippen molar-refractivity contribution >= 4 is 21.7 Å². The predicted molar refractivity (Wildman–Crippen MR) is 137 cm³/mol. The Morgan fingerprint density at radius 2 is 1.79 bits per heavy atom. The minimum Gasteiger partial charge on any atom is -0.449 e. The summed E-state index contributed by atoms with van der Waals surface area (Å²) >= 11 is 0. The fraction of sp³-hybridized carbons (Fsp3) is 0.387. The Morgan fingerprint density at radius 1 is 1.00 bits per heavy atom. The van der Waals surface area contributed by atoms with Crippen LogP contribution < -0.4 is 9.30 Å². The molecule has 1 aromatic heterocycles. The summed E-state index contributed by atoms with van der Waals surface area (Å²) in [7, 11) is 2.23. The van der Waals surface area contributed by atoms with E-state index in [4.69, 9.17) is 4.74 Å². The number of fused-ring (bicyclic) bond motifs is 3. The molecule has 0 atom stereocenters. The molecule has 0 spiro atoms. The molecule has 168 valence electrons. The van der Waals surface area contributed by atoms with E-state index in [1.807, 2.05) is 0 Å². The Morgan fingerprint density at radius 3 is 2.55 bits per heavy atom. The van der Waals surface area contributed by atoms with Crippen LogP contribution in [-0.4, -0.2) is 0 Å². The van der Waals surface area contributed by atoms with Gasteiger partial charge in [-0.05, 0) is 66.2 Å². The molecule has 2 aliphatic rings. The van der Waals surface area contributed by atoms with Crippen molar-refractivity contribution in [1.29, 1.82) is 0 Å². The summed E-state index contributed by atoms with van der Waals surface area (Å²) < 4.78 is 9.24. The first-order valence-corrected chi connectivity index (χ1v) is 12.5. The molecule has 1 saturated carbocycles. The van der Waals surface area contributed by atoms with Crippen LogP contribution in [0.2, 0.25) is 0 Å². The SMILES string of the molecule is Cc1ccc2cccc3c2c1-c1c(c(C2CCCC2)c2ccc(CC(C)(C)C)cc2[n+]1C)O3. The van der Waals surface area contributed by atoms with Crippen molar-refractivity contribution in [2.75, 3.05) is 0 Å². The van der Waals surface area contributed by atoms with Crippen LogP contribution in [-0.2, 0) is 13.5 Å². The fourth-order valence-electron chi connectivity index (χ4n) is 6.28. The summed E-state index contributed by atoms with van der Waals surface area (Å²) in [5.74, 6) is 2.66. The second kappa shape index (κ2) is 7.32. The summed E-state index contributed by atoms with van der Waals surface area (Å²) in [6.45, 7) is 9.21. The van der Waals surface area contributed by atoms with Gasteiger partial charge in [-0.2, -0.15) is 4.57 Å². The van der Waals surface area contributed by atoms with Crippen LogP contribution in [0.15, 0.2) is 48.5 Å². The van der Waals surface area contributed by atoms with Gasteiger partial charge in [-0.25, -0.2) is 0 Å². The lowest BCUT2D eigenvalue weighted by Crippen LogP contribution is -2.34. The molecule has 0 unspecified atom stereocenters. The molecule has 0 radical (unpaired) electrons. The molecule has 3 aromatic carbocycles. The van der Waals surface area contributed by atoms with Gasteiger partial charge >= 0.3 is 0 Å². The average molecular weight is 437 g/mol. The molecule has 0 amide bonds. The number of rotatable bonds is 2. The molecular formula is C31H34NO+. The first-order valence-electron chi connectivity index (χ1n) is 12.5. The molecule has 1 aliphatic carbocycles. The molecular weight excluding hydrogens is 402 g/mol. The molecule has 2 heterocycles. The maximum absolute atomic E-state index is 6.83. The molecule has 1 aliphatic heterocycles. The van der Waals surface area contributed by atoms with Crippen LogP contribution in [0.3, 0.4) is 0 Å². The first kappa shape index (κ1) is 20.7. The molecule has 6 rings (SSSR count). The van der Waals surface area contributed by atoms with Gasteiger partial charge in [-0.3, -0.25) is 0 Å². The highest BCUT2D eigenvalue weighted by molar-refractivity contribution is 6.05. The average Bonchev–Trinajstić information content (AvgIpc) is 3.29. The molecule has 33 heavy (non-hydrogen) atoms. The molecule has 4 aromatic rings. The quantitative estimate of drug-likeness (QED) is 0.254. The maximum atomic E-state index is 6.83. The number of aryl methyl sites for hydroxylation is 2. The molecule has 2 heteroatoms. The summed E-state index contributed by atoms with van der Waals surface area (Å²) in [4.78, 5) is 0. The van der Waals surface area contributed by atoms with Gasteiger partial charge < -0.3 is 4.74 Å². The third kappa shape index (κ3) is 3.26. The van der Waals surface area contributed by atoms with Crippen molar-refractivity contribution in [3.8, 4) is 22.8 Å². The minimum absolute atomic E-state index is 0.263. The first-order chi connectivity index (χ1) is 15.8. The van der Waals surface area contributed by atoms with E-state index < -0.39 is 0 Å². The lowest BCUT2D eigenvalue weighted by molar-refractivity contribution is -0.633. The summed E-state index contributed by atoms with van der Waals surface area (Å²) in [6, 6.07) is 18.1. The number of pyridine rings is 1. The van der Waals surface area contributed by atoms with Gasteiger partial charge in [0.1, 0.15) is 12.8 Å². The minimum atomic E-state index is 0.263. The van der Waals surface area contributed by atoms with Gasteiger partial charge in [0.15, 0.2) is 0 Å². The molecule has 1 fully saturated rings. The number of hydrogen-bond donors (Lipinski definition) is 0. The largest absolute Gasteiger partial charge is 0.449 e. The van der Waals surface area contributed by atoms with E-state index in [9.17, 15) is 0 Å². The molecule has 0 N–H and O–H groups in total. The van der Waals surface area contributed by atoms with Crippen LogP contribution >= 0.6 is 0 Å². The van der Waals surface area contributed by atoms with Crippen LogP contribution in [0, 0.1) is 12.3 Å². The van der Waals surface area contributed by atoms with Crippen molar-refractivity contribution in [2.45, 2.75) is 65.7 Å². The second-order valence-corrected chi connectivity index (χ2v) is 11.4. The smallest absolute Gasteiger partial charge is 0.257 e. The Labute approximate surface area is 197 Å². The Bertz CT molecular complexity index is 1420. The summed E-state index contributed by atoms with van der Waals surface area (Å²) in [5, 5.41) is 3.87.